The van der Waals surface area contributed by atoms with Gasteiger partial charge in [0.15, 0.2) is 5.65 Å². The number of esters is 2. The van der Waals surface area contributed by atoms with E-state index in [9.17, 15) is 19.2 Å². The van der Waals surface area contributed by atoms with Gasteiger partial charge in [0.1, 0.15) is 0 Å². The van der Waals surface area contributed by atoms with Gasteiger partial charge < -0.3 is 9.47 Å². The Bertz CT molecular complexity index is 1520. The van der Waals surface area contributed by atoms with Crippen molar-refractivity contribution in [2.45, 2.75) is 6.92 Å². The van der Waals surface area contributed by atoms with Gasteiger partial charge in [-0.05, 0) is 37.3 Å². The molecule has 3 heterocycles. The number of hydrogen-bond donors (Lipinski definition) is 0. The number of amides is 2. The van der Waals surface area contributed by atoms with Crippen LogP contribution >= 0.6 is 0 Å². The first-order valence-corrected chi connectivity index (χ1v) is 10.5. The Labute approximate surface area is 198 Å². The molecule has 2 aromatic carbocycles. The maximum atomic E-state index is 13.6. The minimum absolute atomic E-state index is 0.0155. The van der Waals surface area contributed by atoms with Crippen molar-refractivity contribution in [1.82, 2.24) is 14.8 Å². The lowest BCUT2D eigenvalue weighted by Gasteiger charge is -2.16. The predicted molar refractivity (Wildman–Crippen MR) is 124 cm³/mol. The summed E-state index contributed by atoms with van der Waals surface area (Å²) in [5.74, 6) is -2.73. The highest BCUT2D eigenvalue weighted by molar-refractivity contribution is 6.37. The molecule has 0 unspecified atom stereocenters. The molecule has 2 amide bonds. The van der Waals surface area contributed by atoms with Crippen LogP contribution in [-0.4, -0.2) is 52.7 Å². The minimum Gasteiger partial charge on any atom is -0.465 e. The number of carbonyl (C=O) groups excluding carboxylic acids is 4. The van der Waals surface area contributed by atoms with Crippen molar-refractivity contribution in [3.05, 3.63) is 82.7 Å². The molecule has 1 aliphatic rings. The predicted octanol–water partition coefficient (Wildman–Crippen LogP) is 3.10. The van der Waals surface area contributed by atoms with E-state index in [-0.39, 0.29) is 27.9 Å². The summed E-state index contributed by atoms with van der Waals surface area (Å²) < 4.78 is 11.1. The number of ether oxygens (including phenoxy) is 2. The van der Waals surface area contributed by atoms with Gasteiger partial charge >= 0.3 is 11.9 Å². The Balaban J connectivity index is 1.68. The first kappa shape index (κ1) is 22.0. The van der Waals surface area contributed by atoms with Crippen LogP contribution in [0.15, 0.2) is 54.7 Å². The van der Waals surface area contributed by atoms with E-state index in [1.807, 2.05) is 30.3 Å². The second kappa shape index (κ2) is 8.17. The molecule has 0 spiro atoms. The molecular formula is C25H18N4O6. The van der Waals surface area contributed by atoms with Crippen LogP contribution in [0, 0.1) is 6.92 Å². The summed E-state index contributed by atoms with van der Waals surface area (Å²) in [6, 6.07) is 13.2. The molecular weight excluding hydrogens is 452 g/mol. The van der Waals surface area contributed by atoms with E-state index in [0.717, 1.165) is 10.6 Å². The van der Waals surface area contributed by atoms with Gasteiger partial charge in [-0.25, -0.2) is 24.2 Å². The van der Waals surface area contributed by atoms with Crippen LogP contribution < -0.4 is 4.90 Å². The van der Waals surface area contributed by atoms with Gasteiger partial charge in [-0.1, -0.05) is 18.2 Å². The summed E-state index contributed by atoms with van der Waals surface area (Å²) in [6.45, 7) is 1.73. The Morgan fingerprint density at radius 2 is 1.49 bits per heavy atom. The van der Waals surface area contributed by atoms with Crippen LogP contribution in [0.25, 0.3) is 16.7 Å². The number of anilines is 1. The van der Waals surface area contributed by atoms with Crippen molar-refractivity contribution in [2.24, 2.45) is 0 Å². The molecule has 0 N–H and O–H groups in total. The van der Waals surface area contributed by atoms with Crippen LogP contribution in [0.3, 0.4) is 0 Å². The Kier molecular flexibility index (Phi) is 5.13. The van der Waals surface area contributed by atoms with Gasteiger partial charge in [-0.3, -0.25) is 9.59 Å². The van der Waals surface area contributed by atoms with E-state index in [4.69, 9.17) is 9.47 Å². The number of imide groups is 1. The lowest BCUT2D eigenvalue weighted by atomic mass is 10.1. The third kappa shape index (κ3) is 3.34. The summed E-state index contributed by atoms with van der Waals surface area (Å²) in [5, 5.41) is 4.99. The number of fused-ring (bicyclic) bond motifs is 3. The third-order valence-corrected chi connectivity index (χ3v) is 5.74. The van der Waals surface area contributed by atoms with Gasteiger partial charge in [0.05, 0.1) is 58.9 Å². The Morgan fingerprint density at radius 1 is 0.857 bits per heavy atom. The molecule has 10 heteroatoms. The van der Waals surface area contributed by atoms with Crippen molar-refractivity contribution in [3.63, 3.8) is 0 Å². The van der Waals surface area contributed by atoms with Crippen molar-refractivity contribution in [2.75, 3.05) is 19.1 Å². The van der Waals surface area contributed by atoms with Gasteiger partial charge in [-0.2, -0.15) is 5.10 Å². The number of nitrogens with zero attached hydrogens (tertiary/aromatic N) is 4. The molecule has 0 saturated carbocycles. The van der Waals surface area contributed by atoms with Crippen molar-refractivity contribution >= 4 is 40.5 Å². The topological polar surface area (TPSA) is 121 Å². The number of benzene rings is 2. The molecule has 0 bridgehead atoms. The maximum Gasteiger partial charge on any atom is 0.337 e. The third-order valence-electron chi connectivity index (χ3n) is 5.74. The summed E-state index contributed by atoms with van der Waals surface area (Å²) in [7, 11) is 2.37. The zero-order chi connectivity index (χ0) is 24.9. The number of aryl methyl sites for hydroxylation is 1. The smallest absolute Gasteiger partial charge is 0.337 e. The average molecular weight is 470 g/mol. The number of hydrogen-bond acceptors (Lipinski definition) is 8. The maximum absolute atomic E-state index is 13.6. The molecule has 0 radical (unpaired) electrons. The monoisotopic (exact) mass is 470 g/mol. The number of rotatable bonds is 4. The number of methoxy groups -OCH3 is 2. The normalized spacial score (nSPS) is 12.7. The van der Waals surface area contributed by atoms with Crippen molar-refractivity contribution in [1.29, 1.82) is 0 Å². The fourth-order valence-electron chi connectivity index (χ4n) is 4.16. The molecule has 174 valence electrons. The molecule has 5 rings (SSSR count). The highest BCUT2D eigenvalue weighted by Crippen LogP contribution is 2.35. The zero-order valence-electron chi connectivity index (χ0n) is 18.9. The lowest BCUT2D eigenvalue weighted by molar-refractivity contribution is 0.0598. The Hall–Kier alpha value is -4.86. The number of pyridine rings is 1. The highest BCUT2D eigenvalue weighted by atomic mass is 16.5. The lowest BCUT2D eigenvalue weighted by Crippen LogP contribution is -2.30. The van der Waals surface area contributed by atoms with Gasteiger partial charge in [-0.15, -0.1) is 0 Å². The fraction of sp³-hybridized carbons (Fsp3) is 0.120. The molecule has 35 heavy (non-hydrogen) atoms. The van der Waals surface area contributed by atoms with Crippen LogP contribution in [-0.2, 0) is 9.47 Å². The second-order valence-electron chi connectivity index (χ2n) is 7.78. The molecule has 2 aromatic heterocycles. The minimum atomic E-state index is -0.738. The molecule has 0 saturated heterocycles. The van der Waals surface area contributed by atoms with Gasteiger partial charge in [0.2, 0.25) is 0 Å². The van der Waals surface area contributed by atoms with Crippen molar-refractivity contribution < 1.29 is 28.7 Å². The largest absolute Gasteiger partial charge is 0.465 e. The first-order valence-electron chi connectivity index (χ1n) is 10.5. The van der Waals surface area contributed by atoms with Gasteiger partial charge in [0.25, 0.3) is 11.8 Å². The molecule has 4 aromatic rings. The summed E-state index contributed by atoms with van der Waals surface area (Å²) in [5.41, 5.74) is 1.95. The standard InChI is InChI=1S/C25H18N4O6/c1-13-19-20-18(12-26-21(19)29(27-13)16-7-5-4-6-8-16)22(30)28(23(20)31)17-10-14(24(32)34-2)9-15(11-17)25(33)35-3/h4-12H,1-3H3. The van der Waals surface area contributed by atoms with E-state index in [2.05, 4.69) is 10.1 Å². The average Bonchev–Trinajstić information content (AvgIpc) is 3.36. The summed E-state index contributed by atoms with van der Waals surface area (Å²) in [6.07, 6.45) is 1.34. The second-order valence-corrected chi connectivity index (χ2v) is 7.78. The molecule has 0 aliphatic carbocycles. The summed E-state index contributed by atoms with van der Waals surface area (Å²) >= 11 is 0. The first-order chi connectivity index (χ1) is 16.8. The van der Waals surface area contributed by atoms with Crippen LogP contribution in [0.5, 0.6) is 0 Å². The highest BCUT2D eigenvalue weighted by Gasteiger charge is 2.40. The van der Waals surface area contributed by atoms with E-state index in [1.54, 1.807) is 11.6 Å². The van der Waals surface area contributed by atoms with E-state index in [0.29, 0.717) is 16.7 Å². The van der Waals surface area contributed by atoms with Crippen molar-refractivity contribution in [3.8, 4) is 5.69 Å². The van der Waals surface area contributed by atoms with Gasteiger partial charge in [0, 0.05) is 6.20 Å². The number of para-hydroxylation sites is 1. The van der Waals surface area contributed by atoms with Crippen LogP contribution in [0.2, 0.25) is 0 Å². The quantitative estimate of drug-likeness (QED) is 0.330. The Morgan fingerprint density at radius 3 is 2.09 bits per heavy atom. The van der Waals surface area contributed by atoms with Crippen LogP contribution in [0.4, 0.5) is 5.69 Å². The van der Waals surface area contributed by atoms with Crippen LogP contribution in [0.1, 0.15) is 47.1 Å². The molecule has 0 atom stereocenters. The van der Waals surface area contributed by atoms with E-state index in [1.165, 1.54) is 38.6 Å². The fourth-order valence-corrected chi connectivity index (χ4v) is 4.16. The summed E-state index contributed by atoms with van der Waals surface area (Å²) in [4.78, 5) is 56.7. The number of carbonyl (C=O) groups is 4. The zero-order valence-corrected chi connectivity index (χ0v) is 18.9. The molecule has 10 nitrogen and oxygen atoms in total. The number of aromatic nitrogens is 3. The van der Waals surface area contributed by atoms with E-state index >= 15 is 0 Å². The molecule has 0 fully saturated rings. The van der Waals surface area contributed by atoms with E-state index < -0.39 is 23.8 Å². The molecule has 1 aliphatic heterocycles. The SMILES string of the molecule is COC(=O)c1cc(C(=O)OC)cc(N2C(=O)c3cnc4c(c(C)nn4-c4ccccc4)c3C2=O)c1.